The summed E-state index contributed by atoms with van der Waals surface area (Å²) < 4.78 is 0. The fourth-order valence-electron chi connectivity index (χ4n) is 1.71. The molecule has 1 atom stereocenters. The van der Waals surface area contributed by atoms with Gasteiger partial charge in [0.1, 0.15) is 0 Å². The summed E-state index contributed by atoms with van der Waals surface area (Å²) in [5.74, 6) is -0.166. The minimum Gasteiger partial charge on any atom is -0.369 e. The number of hydrogen-bond acceptors (Lipinski definition) is 1. The van der Waals surface area contributed by atoms with Crippen LogP contribution in [-0.4, -0.2) is 5.91 Å². The molecule has 0 fully saturated rings. The van der Waals surface area contributed by atoms with E-state index >= 15 is 0 Å². The minimum absolute atomic E-state index is 0.0122. The highest BCUT2D eigenvalue weighted by molar-refractivity contribution is 5.77. The van der Waals surface area contributed by atoms with Crippen LogP contribution in [0.15, 0.2) is 0 Å². The average Bonchev–Trinajstić information content (AvgIpc) is 2.14. The van der Waals surface area contributed by atoms with Crippen LogP contribution in [0.3, 0.4) is 0 Å². The van der Waals surface area contributed by atoms with Gasteiger partial charge in [-0.3, -0.25) is 4.79 Å². The Kier molecular flexibility index (Phi) is 4.82. The zero-order valence-electron chi connectivity index (χ0n) is 11.2. The number of nitrogens with two attached hydrogens (primary N) is 1. The molecule has 0 aromatic heterocycles. The smallest absolute Gasteiger partial charge is 0.221 e. The molecule has 0 aromatic rings. The maximum Gasteiger partial charge on any atom is 0.221 e. The van der Waals surface area contributed by atoms with Crippen LogP contribution < -0.4 is 5.73 Å². The van der Waals surface area contributed by atoms with E-state index in [2.05, 4.69) is 41.5 Å². The lowest BCUT2D eigenvalue weighted by Gasteiger charge is -2.36. The lowest BCUT2D eigenvalue weighted by atomic mass is 9.68. The van der Waals surface area contributed by atoms with Gasteiger partial charge in [0.25, 0.3) is 0 Å². The average molecular weight is 213 g/mol. The SMILES string of the molecule is CCC(C)(C)CC(C(N)=O)C(C)(C)CC. The normalized spacial score (nSPS) is 15.1. The van der Waals surface area contributed by atoms with Crippen LogP contribution in [0, 0.1) is 16.7 Å². The molecule has 0 bridgehead atoms. The van der Waals surface area contributed by atoms with Crippen LogP contribution in [0.2, 0.25) is 0 Å². The molecule has 0 aromatic carbocycles. The number of rotatable bonds is 6. The summed E-state index contributed by atoms with van der Waals surface area (Å²) in [6.07, 6.45) is 2.96. The van der Waals surface area contributed by atoms with Crippen molar-refractivity contribution in [2.75, 3.05) is 0 Å². The molecule has 2 heteroatoms. The Morgan fingerprint density at radius 1 is 1.13 bits per heavy atom. The Morgan fingerprint density at radius 2 is 1.60 bits per heavy atom. The fourth-order valence-corrected chi connectivity index (χ4v) is 1.71. The Bertz CT molecular complexity index is 219. The largest absolute Gasteiger partial charge is 0.369 e. The van der Waals surface area contributed by atoms with Crippen molar-refractivity contribution in [3.8, 4) is 0 Å². The van der Waals surface area contributed by atoms with Gasteiger partial charge in [-0.05, 0) is 17.3 Å². The molecule has 0 aliphatic carbocycles. The molecule has 90 valence electrons. The second-order valence-electron chi connectivity index (χ2n) is 6.02. The number of primary amides is 1. The first-order chi connectivity index (χ1) is 6.66. The van der Waals surface area contributed by atoms with E-state index in [9.17, 15) is 4.79 Å². The van der Waals surface area contributed by atoms with Gasteiger partial charge in [-0.1, -0.05) is 54.4 Å². The van der Waals surface area contributed by atoms with E-state index in [1.54, 1.807) is 0 Å². The maximum absolute atomic E-state index is 11.5. The summed E-state index contributed by atoms with van der Waals surface area (Å²) in [6.45, 7) is 13.0. The molecular formula is C13H27NO. The predicted molar refractivity (Wildman–Crippen MR) is 65.4 cm³/mol. The molecule has 0 aliphatic rings. The van der Waals surface area contributed by atoms with Gasteiger partial charge in [0, 0.05) is 5.92 Å². The fraction of sp³-hybridized carbons (Fsp3) is 0.923. The van der Waals surface area contributed by atoms with Gasteiger partial charge >= 0.3 is 0 Å². The number of hydrogen-bond donors (Lipinski definition) is 1. The third-order valence-electron chi connectivity index (χ3n) is 3.91. The molecule has 2 nitrogen and oxygen atoms in total. The van der Waals surface area contributed by atoms with E-state index in [-0.39, 0.29) is 22.7 Å². The van der Waals surface area contributed by atoms with Crippen LogP contribution in [0.4, 0.5) is 0 Å². The third kappa shape index (κ3) is 4.23. The van der Waals surface area contributed by atoms with Gasteiger partial charge in [0.05, 0.1) is 0 Å². The van der Waals surface area contributed by atoms with E-state index in [0.717, 1.165) is 19.3 Å². The van der Waals surface area contributed by atoms with Crippen LogP contribution in [0.25, 0.3) is 0 Å². The van der Waals surface area contributed by atoms with E-state index in [0.29, 0.717) is 0 Å². The summed E-state index contributed by atoms with van der Waals surface area (Å²) in [6, 6.07) is 0. The molecule has 0 radical (unpaired) electrons. The highest BCUT2D eigenvalue weighted by Gasteiger charge is 2.35. The zero-order valence-corrected chi connectivity index (χ0v) is 11.2. The van der Waals surface area contributed by atoms with Crippen molar-refractivity contribution in [3.63, 3.8) is 0 Å². The van der Waals surface area contributed by atoms with Gasteiger partial charge in [0.2, 0.25) is 5.91 Å². The van der Waals surface area contributed by atoms with E-state index in [4.69, 9.17) is 5.73 Å². The topological polar surface area (TPSA) is 43.1 Å². The lowest BCUT2D eigenvalue weighted by molar-refractivity contribution is -0.127. The van der Waals surface area contributed by atoms with Gasteiger partial charge in [-0.25, -0.2) is 0 Å². The van der Waals surface area contributed by atoms with Crippen molar-refractivity contribution in [1.82, 2.24) is 0 Å². The Balaban J connectivity index is 4.78. The molecule has 0 spiro atoms. The number of carbonyl (C=O) groups is 1. The Morgan fingerprint density at radius 3 is 1.87 bits per heavy atom. The Hall–Kier alpha value is -0.530. The number of amides is 1. The van der Waals surface area contributed by atoms with Crippen LogP contribution in [0.1, 0.15) is 60.8 Å². The highest BCUT2D eigenvalue weighted by Crippen LogP contribution is 2.39. The van der Waals surface area contributed by atoms with Gasteiger partial charge in [-0.15, -0.1) is 0 Å². The van der Waals surface area contributed by atoms with E-state index < -0.39 is 0 Å². The first-order valence-corrected chi connectivity index (χ1v) is 5.95. The van der Waals surface area contributed by atoms with Crippen molar-refractivity contribution in [1.29, 1.82) is 0 Å². The first kappa shape index (κ1) is 14.5. The van der Waals surface area contributed by atoms with Crippen LogP contribution in [-0.2, 0) is 4.79 Å². The van der Waals surface area contributed by atoms with Crippen molar-refractivity contribution in [2.24, 2.45) is 22.5 Å². The molecule has 0 saturated carbocycles. The third-order valence-corrected chi connectivity index (χ3v) is 3.91. The summed E-state index contributed by atoms with van der Waals surface area (Å²) >= 11 is 0. The van der Waals surface area contributed by atoms with Crippen molar-refractivity contribution >= 4 is 5.91 Å². The molecule has 0 saturated heterocycles. The molecular weight excluding hydrogens is 186 g/mol. The lowest BCUT2D eigenvalue weighted by Crippen LogP contribution is -2.38. The van der Waals surface area contributed by atoms with Crippen molar-refractivity contribution in [2.45, 2.75) is 60.8 Å². The van der Waals surface area contributed by atoms with Crippen LogP contribution >= 0.6 is 0 Å². The number of carbonyl (C=O) groups excluding carboxylic acids is 1. The summed E-state index contributed by atoms with van der Waals surface area (Å²) in [7, 11) is 0. The van der Waals surface area contributed by atoms with Crippen LogP contribution in [0.5, 0.6) is 0 Å². The van der Waals surface area contributed by atoms with Gasteiger partial charge < -0.3 is 5.73 Å². The molecule has 1 amide bonds. The van der Waals surface area contributed by atoms with Gasteiger partial charge in [0.15, 0.2) is 0 Å². The first-order valence-electron chi connectivity index (χ1n) is 5.95. The molecule has 1 unspecified atom stereocenters. The second-order valence-corrected chi connectivity index (χ2v) is 6.02. The van der Waals surface area contributed by atoms with Crippen molar-refractivity contribution in [3.05, 3.63) is 0 Å². The monoisotopic (exact) mass is 213 g/mol. The molecule has 0 rings (SSSR count). The maximum atomic E-state index is 11.5. The second kappa shape index (κ2) is 5.00. The highest BCUT2D eigenvalue weighted by atomic mass is 16.1. The molecule has 2 N–H and O–H groups in total. The molecule has 0 heterocycles. The van der Waals surface area contributed by atoms with E-state index in [1.165, 1.54) is 0 Å². The van der Waals surface area contributed by atoms with Gasteiger partial charge in [-0.2, -0.15) is 0 Å². The Labute approximate surface area is 94.6 Å². The van der Waals surface area contributed by atoms with E-state index in [1.807, 2.05) is 0 Å². The summed E-state index contributed by atoms with van der Waals surface area (Å²) in [5, 5.41) is 0. The molecule has 15 heavy (non-hydrogen) atoms. The quantitative estimate of drug-likeness (QED) is 0.722. The molecule has 0 aliphatic heterocycles. The minimum atomic E-state index is -0.150. The standard InChI is InChI=1S/C13H27NO/c1-7-12(3,4)9-10(11(14)15)13(5,6)8-2/h10H,7-9H2,1-6H3,(H2,14,15). The summed E-state index contributed by atoms with van der Waals surface area (Å²) in [4.78, 5) is 11.5. The zero-order chi connectivity index (χ0) is 12.3. The van der Waals surface area contributed by atoms with Crippen molar-refractivity contribution < 1.29 is 4.79 Å². The predicted octanol–water partition coefficient (Wildman–Crippen LogP) is 3.35. The summed E-state index contributed by atoms with van der Waals surface area (Å²) in [5.41, 5.74) is 5.73.